The van der Waals surface area contributed by atoms with Crippen molar-refractivity contribution in [3.63, 3.8) is 0 Å². The molecule has 0 spiro atoms. The number of hydrogen-bond acceptors (Lipinski definition) is 3. The van der Waals surface area contributed by atoms with E-state index in [4.69, 9.17) is 10.5 Å². The van der Waals surface area contributed by atoms with Crippen LogP contribution in [-0.2, 0) is 0 Å². The standard InChI is InChI=1S/C13H18F4N2O/c1-3-19(8-13(15,16)17)7-11(18)9-4-5-12(20-2)10(14)6-9/h4-6,11H,3,7-8,18H2,1-2H3. The second kappa shape index (κ2) is 6.90. The molecule has 2 N–H and O–H groups in total. The van der Waals surface area contributed by atoms with Gasteiger partial charge in [0.2, 0.25) is 0 Å². The van der Waals surface area contributed by atoms with Crippen molar-refractivity contribution in [3.8, 4) is 5.75 Å². The number of ether oxygens (including phenoxy) is 1. The van der Waals surface area contributed by atoms with Gasteiger partial charge in [0.15, 0.2) is 11.6 Å². The zero-order chi connectivity index (χ0) is 15.3. The number of likely N-dealkylation sites (N-methyl/N-ethyl adjacent to an activating group) is 1. The average Bonchev–Trinajstić information content (AvgIpc) is 2.36. The molecular formula is C13H18F4N2O. The first-order chi connectivity index (χ1) is 9.26. The van der Waals surface area contributed by atoms with Gasteiger partial charge in [-0.2, -0.15) is 13.2 Å². The molecule has 1 rings (SSSR count). The maximum atomic E-state index is 13.5. The fraction of sp³-hybridized carbons (Fsp3) is 0.538. The molecule has 1 aromatic carbocycles. The molecule has 0 aromatic heterocycles. The van der Waals surface area contributed by atoms with Gasteiger partial charge in [-0.05, 0) is 24.2 Å². The van der Waals surface area contributed by atoms with Gasteiger partial charge in [0, 0.05) is 12.6 Å². The zero-order valence-corrected chi connectivity index (χ0v) is 11.4. The summed E-state index contributed by atoms with van der Waals surface area (Å²) in [5.41, 5.74) is 6.27. The molecule has 0 saturated carbocycles. The molecule has 0 bridgehead atoms. The predicted molar refractivity (Wildman–Crippen MR) is 68.0 cm³/mol. The lowest BCUT2D eigenvalue weighted by molar-refractivity contribution is -0.145. The fourth-order valence-electron chi connectivity index (χ4n) is 1.86. The Balaban J connectivity index is 2.74. The summed E-state index contributed by atoms with van der Waals surface area (Å²) >= 11 is 0. The lowest BCUT2D eigenvalue weighted by Gasteiger charge is -2.25. The van der Waals surface area contributed by atoms with E-state index in [1.54, 1.807) is 13.0 Å². The van der Waals surface area contributed by atoms with E-state index in [0.29, 0.717) is 5.56 Å². The number of alkyl halides is 3. The summed E-state index contributed by atoms with van der Waals surface area (Å²) in [5, 5.41) is 0. The summed E-state index contributed by atoms with van der Waals surface area (Å²) in [6.45, 7) is 0.802. The van der Waals surface area contributed by atoms with E-state index < -0.39 is 24.6 Å². The van der Waals surface area contributed by atoms with Crippen molar-refractivity contribution >= 4 is 0 Å². The molecule has 1 unspecified atom stereocenters. The second-order valence-corrected chi connectivity index (χ2v) is 4.44. The maximum absolute atomic E-state index is 13.5. The van der Waals surface area contributed by atoms with Crippen LogP contribution in [0, 0.1) is 5.82 Å². The van der Waals surface area contributed by atoms with E-state index in [2.05, 4.69) is 0 Å². The molecule has 1 atom stereocenters. The molecule has 20 heavy (non-hydrogen) atoms. The summed E-state index contributed by atoms with van der Waals surface area (Å²) in [4.78, 5) is 1.17. The molecular weight excluding hydrogens is 276 g/mol. The monoisotopic (exact) mass is 294 g/mol. The minimum Gasteiger partial charge on any atom is -0.494 e. The molecule has 7 heteroatoms. The molecule has 3 nitrogen and oxygen atoms in total. The second-order valence-electron chi connectivity index (χ2n) is 4.44. The molecule has 0 radical (unpaired) electrons. The van der Waals surface area contributed by atoms with Crippen LogP contribution in [0.4, 0.5) is 17.6 Å². The van der Waals surface area contributed by atoms with Gasteiger partial charge < -0.3 is 10.5 Å². The van der Waals surface area contributed by atoms with Crippen molar-refractivity contribution in [1.29, 1.82) is 0 Å². The quantitative estimate of drug-likeness (QED) is 0.820. The normalized spacial score (nSPS) is 13.6. The van der Waals surface area contributed by atoms with Crippen LogP contribution >= 0.6 is 0 Å². The third-order valence-electron chi connectivity index (χ3n) is 2.91. The Morgan fingerprint density at radius 1 is 1.35 bits per heavy atom. The Labute approximate surface area is 115 Å². The molecule has 0 saturated heterocycles. The Hall–Kier alpha value is -1.34. The Morgan fingerprint density at radius 2 is 2.00 bits per heavy atom. The summed E-state index contributed by atoms with van der Waals surface area (Å²) in [7, 11) is 1.33. The first-order valence-electron chi connectivity index (χ1n) is 6.15. The van der Waals surface area contributed by atoms with Crippen molar-refractivity contribution < 1.29 is 22.3 Å². The molecule has 0 amide bonds. The lowest BCUT2D eigenvalue weighted by Crippen LogP contribution is -2.38. The van der Waals surface area contributed by atoms with Gasteiger partial charge in [-0.15, -0.1) is 0 Å². The van der Waals surface area contributed by atoms with Crippen LogP contribution in [0.3, 0.4) is 0 Å². The van der Waals surface area contributed by atoms with E-state index >= 15 is 0 Å². The van der Waals surface area contributed by atoms with Crippen LogP contribution in [0.5, 0.6) is 5.75 Å². The van der Waals surface area contributed by atoms with E-state index in [-0.39, 0.29) is 18.8 Å². The topological polar surface area (TPSA) is 38.5 Å². The van der Waals surface area contributed by atoms with Gasteiger partial charge in [-0.3, -0.25) is 4.90 Å². The van der Waals surface area contributed by atoms with E-state index in [1.165, 1.54) is 24.1 Å². The van der Waals surface area contributed by atoms with Crippen LogP contribution in [0.25, 0.3) is 0 Å². The Morgan fingerprint density at radius 3 is 2.45 bits per heavy atom. The van der Waals surface area contributed by atoms with Gasteiger partial charge in [0.25, 0.3) is 0 Å². The molecule has 0 aliphatic carbocycles. The first-order valence-corrected chi connectivity index (χ1v) is 6.15. The number of nitrogens with two attached hydrogens (primary N) is 1. The predicted octanol–water partition coefficient (Wildman–Crippen LogP) is 2.72. The van der Waals surface area contributed by atoms with Crippen molar-refractivity contribution in [1.82, 2.24) is 4.90 Å². The lowest BCUT2D eigenvalue weighted by atomic mass is 10.1. The van der Waals surface area contributed by atoms with E-state index in [0.717, 1.165) is 0 Å². The summed E-state index contributed by atoms with van der Waals surface area (Å²) in [6, 6.07) is 3.45. The number of methoxy groups -OCH3 is 1. The smallest absolute Gasteiger partial charge is 0.401 e. The molecule has 1 aromatic rings. The average molecular weight is 294 g/mol. The van der Waals surface area contributed by atoms with Crippen molar-refractivity contribution in [2.24, 2.45) is 5.73 Å². The highest BCUT2D eigenvalue weighted by Gasteiger charge is 2.30. The number of halogens is 4. The molecule has 114 valence electrons. The van der Waals surface area contributed by atoms with Gasteiger partial charge in [-0.1, -0.05) is 13.0 Å². The van der Waals surface area contributed by atoms with Gasteiger partial charge in [0.1, 0.15) is 0 Å². The summed E-state index contributed by atoms with van der Waals surface area (Å²) < 4.78 is 55.3. The molecule has 0 aliphatic heterocycles. The third-order valence-corrected chi connectivity index (χ3v) is 2.91. The number of benzene rings is 1. The summed E-state index contributed by atoms with van der Waals surface area (Å²) in [6.07, 6.45) is -4.28. The van der Waals surface area contributed by atoms with Crippen LogP contribution in [-0.4, -0.2) is 37.8 Å². The zero-order valence-electron chi connectivity index (χ0n) is 11.4. The highest BCUT2D eigenvalue weighted by Crippen LogP contribution is 2.22. The Kier molecular flexibility index (Phi) is 5.76. The highest BCUT2D eigenvalue weighted by atomic mass is 19.4. The van der Waals surface area contributed by atoms with Crippen LogP contribution in [0.1, 0.15) is 18.5 Å². The number of nitrogens with zero attached hydrogens (tertiary/aromatic N) is 1. The van der Waals surface area contributed by atoms with Crippen molar-refractivity contribution in [2.45, 2.75) is 19.1 Å². The highest BCUT2D eigenvalue weighted by molar-refractivity contribution is 5.31. The number of rotatable bonds is 6. The van der Waals surface area contributed by atoms with Crippen LogP contribution in [0.2, 0.25) is 0 Å². The molecule has 0 fully saturated rings. The third kappa shape index (κ3) is 4.97. The molecule has 0 aliphatic rings. The van der Waals surface area contributed by atoms with Crippen molar-refractivity contribution in [2.75, 3.05) is 26.7 Å². The van der Waals surface area contributed by atoms with Crippen LogP contribution in [0.15, 0.2) is 18.2 Å². The number of hydrogen-bond donors (Lipinski definition) is 1. The van der Waals surface area contributed by atoms with Crippen molar-refractivity contribution in [3.05, 3.63) is 29.6 Å². The largest absolute Gasteiger partial charge is 0.494 e. The molecule has 0 heterocycles. The maximum Gasteiger partial charge on any atom is 0.401 e. The van der Waals surface area contributed by atoms with Gasteiger partial charge in [0.05, 0.1) is 13.7 Å². The van der Waals surface area contributed by atoms with Gasteiger partial charge in [-0.25, -0.2) is 4.39 Å². The first kappa shape index (κ1) is 16.7. The minimum absolute atomic E-state index is 0.00176. The minimum atomic E-state index is -4.28. The fourth-order valence-corrected chi connectivity index (χ4v) is 1.86. The van der Waals surface area contributed by atoms with E-state index in [9.17, 15) is 17.6 Å². The summed E-state index contributed by atoms with van der Waals surface area (Å²) in [5.74, 6) is -0.511. The SMILES string of the molecule is CCN(CC(N)c1ccc(OC)c(F)c1)CC(F)(F)F. The van der Waals surface area contributed by atoms with Crippen LogP contribution < -0.4 is 10.5 Å². The Bertz CT molecular complexity index is 437. The van der Waals surface area contributed by atoms with Gasteiger partial charge >= 0.3 is 6.18 Å². The van der Waals surface area contributed by atoms with E-state index in [1.807, 2.05) is 0 Å².